The van der Waals surface area contributed by atoms with Crippen LogP contribution in [-0.2, 0) is 18.3 Å². The van der Waals surface area contributed by atoms with Crippen LogP contribution in [0.25, 0.3) is 22.5 Å². The average molecular weight is 643 g/mol. The minimum atomic E-state index is -0.768. The number of rotatable bonds is 8. The van der Waals surface area contributed by atoms with Gasteiger partial charge in [-0.25, -0.2) is 17.6 Å². The first-order chi connectivity index (χ1) is 22.1. The average Bonchev–Trinajstić information content (AvgIpc) is 3.51. The van der Waals surface area contributed by atoms with Gasteiger partial charge in [0.15, 0.2) is 0 Å². The standard InChI is InChI=1S/C41H46F4N2/c1-25-11-13-40(5,21-25)23-27-15-35(31-9-7-29(42)19-33(31)44)46-37(17-27)39(3,4)38-18-28(24-41(6)14-12-26(2)22-41)16-36(47-38)32-10-8-30(43)20-34(32)45/h7-10,15-20,25-26H,11-14,21-24H2,1-6H3. The molecule has 2 aliphatic rings. The SMILES string of the molecule is CC1CCC(C)(Cc2cc(-c3ccc(F)cc3F)nc(C(C)(C)c3cc(CC4(C)CCC(C)C4)cc(-c4ccc(F)cc4F)n3)c2)C1. The van der Waals surface area contributed by atoms with Crippen molar-refractivity contribution in [3.63, 3.8) is 0 Å². The van der Waals surface area contributed by atoms with Crippen molar-refractivity contribution in [1.82, 2.24) is 9.97 Å². The van der Waals surface area contributed by atoms with Gasteiger partial charge >= 0.3 is 0 Å². The van der Waals surface area contributed by atoms with Gasteiger partial charge in [0, 0.05) is 28.7 Å². The van der Waals surface area contributed by atoms with E-state index in [9.17, 15) is 8.78 Å². The van der Waals surface area contributed by atoms with E-state index in [1.54, 1.807) is 0 Å². The summed E-state index contributed by atoms with van der Waals surface area (Å²) in [6, 6.07) is 15.3. The van der Waals surface area contributed by atoms with Gasteiger partial charge in [-0.1, -0.05) is 40.5 Å². The lowest BCUT2D eigenvalue weighted by Gasteiger charge is -2.29. The predicted octanol–water partition coefficient (Wildman–Crippen LogP) is 11.4. The van der Waals surface area contributed by atoms with Gasteiger partial charge in [-0.2, -0.15) is 0 Å². The minimum Gasteiger partial charge on any atom is -0.252 e. The summed E-state index contributed by atoms with van der Waals surface area (Å²) >= 11 is 0. The Morgan fingerprint density at radius 1 is 0.638 bits per heavy atom. The highest BCUT2D eigenvalue weighted by Gasteiger charge is 2.36. The third-order valence-electron chi connectivity index (χ3n) is 10.9. The van der Waals surface area contributed by atoms with E-state index in [1.807, 2.05) is 26.0 Å². The van der Waals surface area contributed by atoms with Crippen molar-refractivity contribution in [3.8, 4) is 22.5 Å². The molecule has 2 saturated carbocycles. The number of halogens is 4. The van der Waals surface area contributed by atoms with Gasteiger partial charge in [-0.15, -0.1) is 0 Å². The minimum absolute atomic E-state index is 0.111. The zero-order valence-corrected chi connectivity index (χ0v) is 28.5. The molecule has 2 nitrogen and oxygen atoms in total. The highest BCUT2D eigenvalue weighted by atomic mass is 19.1. The lowest BCUT2D eigenvalue weighted by atomic mass is 9.77. The molecule has 248 valence electrons. The summed E-state index contributed by atoms with van der Waals surface area (Å²) in [6.45, 7) is 13.3. The van der Waals surface area contributed by atoms with Crippen LogP contribution in [0.1, 0.15) is 103 Å². The topological polar surface area (TPSA) is 25.8 Å². The van der Waals surface area contributed by atoms with E-state index in [1.165, 1.54) is 37.1 Å². The van der Waals surface area contributed by atoms with Crippen LogP contribution < -0.4 is 0 Å². The van der Waals surface area contributed by atoms with Crippen LogP contribution in [0.3, 0.4) is 0 Å². The number of hydrogen-bond donors (Lipinski definition) is 0. The van der Waals surface area contributed by atoms with Crippen LogP contribution >= 0.6 is 0 Å². The molecule has 4 unspecified atom stereocenters. The first kappa shape index (κ1) is 33.4. The van der Waals surface area contributed by atoms with Crippen LogP contribution in [0.15, 0.2) is 60.7 Å². The van der Waals surface area contributed by atoms with E-state index in [4.69, 9.17) is 9.97 Å². The Labute approximate surface area is 277 Å². The highest BCUT2D eigenvalue weighted by molar-refractivity contribution is 5.63. The smallest absolute Gasteiger partial charge is 0.135 e. The molecular formula is C41H46F4N2. The summed E-state index contributed by atoms with van der Waals surface area (Å²) in [4.78, 5) is 10.0. The summed E-state index contributed by atoms with van der Waals surface area (Å²) in [6.07, 6.45) is 8.44. The molecule has 2 aromatic carbocycles. The van der Waals surface area contributed by atoms with Gasteiger partial charge in [0.05, 0.1) is 22.8 Å². The van der Waals surface area contributed by atoms with Gasteiger partial charge in [0.1, 0.15) is 23.3 Å². The second kappa shape index (κ2) is 12.5. The van der Waals surface area contributed by atoms with Crippen LogP contribution in [-0.4, -0.2) is 9.97 Å². The molecule has 2 aromatic heterocycles. The molecule has 47 heavy (non-hydrogen) atoms. The summed E-state index contributed by atoms with van der Waals surface area (Å²) in [5.74, 6) is -1.30. The van der Waals surface area contributed by atoms with E-state index in [-0.39, 0.29) is 22.0 Å². The summed E-state index contributed by atoms with van der Waals surface area (Å²) in [5, 5.41) is 0. The van der Waals surface area contributed by atoms with Crippen LogP contribution in [0.4, 0.5) is 17.6 Å². The van der Waals surface area contributed by atoms with Gasteiger partial charge in [-0.3, -0.25) is 9.97 Å². The van der Waals surface area contributed by atoms with Crippen molar-refractivity contribution in [3.05, 3.63) is 106 Å². The molecule has 0 bridgehead atoms. The molecule has 0 saturated heterocycles. The zero-order chi connectivity index (χ0) is 33.7. The monoisotopic (exact) mass is 642 g/mol. The Kier molecular flexibility index (Phi) is 8.86. The Bertz CT molecular complexity index is 1670. The number of benzene rings is 2. The van der Waals surface area contributed by atoms with Gasteiger partial charge in [0.2, 0.25) is 0 Å². The Balaban J connectivity index is 1.49. The third-order valence-corrected chi connectivity index (χ3v) is 10.9. The summed E-state index contributed by atoms with van der Waals surface area (Å²) in [5.41, 5.74) is 4.36. The molecule has 0 spiro atoms. The van der Waals surface area contributed by atoms with Crippen molar-refractivity contribution in [2.24, 2.45) is 22.7 Å². The number of nitrogens with zero attached hydrogens (tertiary/aromatic N) is 2. The summed E-state index contributed by atoms with van der Waals surface area (Å²) in [7, 11) is 0. The van der Waals surface area contributed by atoms with Crippen LogP contribution in [0, 0.1) is 45.9 Å². The van der Waals surface area contributed by atoms with E-state index in [0.29, 0.717) is 34.6 Å². The Morgan fingerprint density at radius 2 is 1.04 bits per heavy atom. The van der Waals surface area contributed by atoms with Crippen molar-refractivity contribution in [2.75, 3.05) is 0 Å². The van der Waals surface area contributed by atoms with Gasteiger partial charge in [0.25, 0.3) is 0 Å². The van der Waals surface area contributed by atoms with Gasteiger partial charge < -0.3 is 0 Å². The largest absolute Gasteiger partial charge is 0.252 e. The molecule has 4 atom stereocenters. The molecule has 0 radical (unpaired) electrons. The van der Waals surface area contributed by atoms with Crippen LogP contribution in [0.5, 0.6) is 0 Å². The number of pyridine rings is 2. The molecule has 4 aromatic rings. The quantitative estimate of drug-likeness (QED) is 0.179. The van der Waals surface area contributed by atoms with Gasteiger partial charge in [-0.05, 0) is 135 Å². The lowest BCUT2D eigenvalue weighted by Crippen LogP contribution is -2.25. The van der Waals surface area contributed by atoms with Crippen molar-refractivity contribution in [1.29, 1.82) is 0 Å². The van der Waals surface area contributed by atoms with E-state index in [2.05, 4.69) is 39.8 Å². The van der Waals surface area contributed by atoms with E-state index < -0.39 is 28.7 Å². The predicted molar refractivity (Wildman–Crippen MR) is 181 cm³/mol. The molecule has 6 heteroatoms. The van der Waals surface area contributed by atoms with Crippen molar-refractivity contribution in [2.45, 2.75) is 98.3 Å². The molecule has 6 rings (SSSR count). The van der Waals surface area contributed by atoms with Crippen molar-refractivity contribution >= 4 is 0 Å². The normalized spacial score (nSPS) is 24.6. The molecule has 0 aliphatic heterocycles. The zero-order valence-electron chi connectivity index (χ0n) is 28.5. The fraction of sp³-hybridized carbons (Fsp3) is 0.463. The van der Waals surface area contributed by atoms with E-state index in [0.717, 1.165) is 61.8 Å². The third kappa shape index (κ3) is 7.17. The number of hydrogen-bond acceptors (Lipinski definition) is 2. The molecule has 2 aliphatic carbocycles. The summed E-state index contributed by atoms with van der Waals surface area (Å²) < 4.78 is 58.3. The maximum Gasteiger partial charge on any atom is 0.135 e. The fourth-order valence-corrected chi connectivity index (χ4v) is 8.41. The highest BCUT2D eigenvalue weighted by Crippen LogP contribution is 2.46. The second-order valence-corrected chi connectivity index (χ2v) is 16.0. The molecular weight excluding hydrogens is 596 g/mol. The molecule has 0 N–H and O–H groups in total. The first-order valence-electron chi connectivity index (χ1n) is 17.1. The fourth-order valence-electron chi connectivity index (χ4n) is 8.41. The molecule has 2 fully saturated rings. The first-order valence-corrected chi connectivity index (χ1v) is 17.1. The maximum absolute atomic E-state index is 15.2. The number of aromatic nitrogens is 2. The molecule has 2 heterocycles. The van der Waals surface area contributed by atoms with E-state index >= 15 is 8.78 Å². The maximum atomic E-state index is 15.2. The Hall–Kier alpha value is -3.54. The second-order valence-electron chi connectivity index (χ2n) is 16.0. The lowest BCUT2D eigenvalue weighted by molar-refractivity contribution is 0.321. The van der Waals surface area contributed by atoms with Crippen LogP contribution in [0.2, 0.25) is 0 Å². The molecule has 0 amide bonds. The van der Waals surface area contributed by atoms with Crippen molar-refractivity contribution < 1.29 is 17.6 Å². The Morgan fingerprint density at radius 3 is 1.38 bits per heavy atom.